The molecule has 0 saturated heterocycles. The topological polar surface area (TPSA) is 98.3 Å². The number of aliphatic hydroxyl groups excluding tert-OH is 1. The molecule has 1 saturated carbocycles. The highest BCUT2D eigenvalue weighted by Crippen LogP contribution is 2.29. The number of carbonyl (C=O) groups is 1. The number of furan rings is 1. The average Bonchev–Trinajstić information content (AvgIpc) is 3.04. The standard InChI is InChI=1S/C15H21N3O3/c1-10-11(2)21-14(12(10)7-16)18-13(20)8-17-15(9-19)5-3-4-6-15/h17,19H,3-6,8-9H2,1-2H3,(H,18,20). The van der Waals surface area contributed by atoms with Crippen LogP contribution in [0.4, 0.5) is 5.88 Å². The van der Waals surface area contributed by atoms with E-state index in [1.807, 2.05) is 6.07 Å². The first-order valence-corrected chi connectivity index (χ1v) is 7.17. The molecule has 1 aliphatic carbocycles. The van der Waals surface area contributed by atoms with Crippen molar-refractivity contribution in [3.8, 4) is 6.07 Å². The third kappa shape index (κ3) is 3.26. The third-order valence-corrected chi connectivity index (χ3v) is 4.24. The lowest BCUT2D eigenvalue weighted by Gasteiger charge is -2.27. The van der Waals surface area contributed by atoms with Crippen LogP contribution in [-0.4, -0.2) is 29.7 Å². The van der Waals surface area contributed by atoms with Crippen LogP contribution in [0.25, 0.3) is 0 Å². The minimum atomic E-state index is -0.343. The van der Waals surface area contributed by atoms with Crippen LogP contribution in [0.1, 0.15) is 42.6 Å². The fraction of sp³-hybridized carbons (Fsp3) is 0.600. The van der Waals surface area contributed by atoms with Gasteiger partial charge in [-0.15, -0.1) is 0 Å². The molecule has 21 heavy (non-hydrogen) atoms. The molecule has 1 aromatic heterocycles. The van der Waals surface area contributed by atoms with E-state index >= 15 is 0 Å². The number of aliphatic hydroxyl groups is 1. The van der Waals surface area contributed by atoms with Gasteiger partial charge in [0.2, 0.25) is 11.8 Å². The summed E-state index contributed by atoms with van der Waals surface area (Å²) in [6, 6.07) is 2.04. The Hall–Kier alpha value is -1.84. The Kier molecular flexibility index (Phi) is 4.66. The summed E-state index contributed by atoms with van der Waals surface area (Å²) in [5, 5.41) is 24.3. The van der Waals surface area contributed by atoms with E-state index in [4.69, 9.17) is 9.68 Å². The first-order chi connectivity index (χ1) is 10.0. The number of rotatable bonds is 5. The maximum absolute atomic E-state index is 12.0. The Bertz CT molecular complexity index is 565. The van der Waals surface area contributed by atoms with Crippen LogP contribution in [0, 0.1) is 25.2 Å². The molecule has 1 heterocycles. The number of carbonyl (C=O) groups excluding carboxylic acids is 1. The molecule has 1 aromatic rings. The zero-order valence-electron chi connectivity index (χ0n) is 12.5. The van der Waals surface area contributed by atoms with Crippen LogP contribution in [0.3, 0.4) is 0 Å². The summed E-state index contributed by atoms with van der Waals surface area (Å²) < 4.78 is 5.40. The Labute approximate surface area is 124 Å². The molecule has 1 fully saturated rings. The van der Waals surface area contributed by atoms with Gasteiger partial charge in [-0.2, -0.15) is 5.26 Å². The highest BCUT2D eigenvalue weighted by Gasteiger charge is 2.33. The van der Waals surface area contributed by atoms with Crippen LogP contribution >= 0.6 is 0 Å². The number of amides is 1. The predicted molar refractivity (Wildman–Crippen MR) is 77.8 cm³/mol. The maximum atomic E-state index is 12.0. The van der Waals surface area contributed by atoms with Crippen molar-refractivity contribution in [2.75, 3.05) is 18.5 Å². The van der Waals surface area contributed by atoms with E-state index in [0.717, 1.165) is 31.2 Å². The van der Waals surface area contributed by atoms with Crippen LogP contribution < -0.4 is 10.6 Å². The van der Waals surface area contributed by atoms with Crippen molar-refractivity contribution < 1.29 is 14.3 Å². The minimum Gasteiger partial charge on any atom is -0.444 e. The number of nitrogens with zero attached hydrogens (tertiary/aromatic N) is 1. The van der Waals surface area contributed by atoms with E-state index in [1.54, 1.807) is 13.8 Å². The fourth-order valence-corrected chi connectivity index (χ4v) is 2.73. The molecule has 6 heteroatoms. The molecule has 1 aliphatic rings. The van der Waals surface area contributed by atoms with Gasteiger partial charge in [0.1, 0.15) is 17.4 Å². The molecule has 114 valence electrons. The summed E-state index contributed by atoms with van der Waals surface area (Å²) in [5.41, 5.74) is 0.756. The first kappa shape index (κ1) is 15.5. The Balaban J connectivity index is 1.96. The summed E-state index contributed by atoms with van der Waals surface area (Å²) in [7, 11) is 0. The van der Waals surface area contributed by atoms with Crippen LogP contribution in [0.5, 0.6) is 0 Å². The average molecular weight is 291 g/mol. The minimum absolute atomic E-state index is 0.0305. The molecule has 6 nitrogen and oxygen atoms in total. The monoisotopic (exact) mass is 291 g/mol. The molecule has 0 spiro atoms. The third-order valence-electron chi connectivity index (χ3n) is 4.24. The SMILES string of the molecule is Cc1oc(NC(=O)CNC2(CO)CCCC2)c(C#N)c1C. The Morgan fingerprint density at radius 3 is 2.67 bits per heavy atom. The second-order valence-corrected chi connectivity index (χ2v) is 5.65. The summed E-state index contributed by atoms with van der Waals surface area (Å²) in [4.78, 5) is 12.0. The van der Waals surface area contributed by atoms with Crippen molar-refractivity contribution in [3.63, 3.8) is 0 Å². The summed E-state index contributed by atoms with van der Waals surface area (Å²) >= 11 is 0. The molecule has 3 N–H and O–H groups in total. The lowest BCUT2D eigenvalue weighted by Crippen LogP contribution is -2.49. The summed E-state index contributed by atoms with van der Waals surface area (Å²) in [6.45, 7) is 3.65. The number of hydrogen-bond donors (Lipinski definition) is 3. The van der Waals surface area contributed by atoms with Crippen molar-refractivity contribution in [1.82, 2.24) is 5.32 Å². The van der Waals surface area contributed by atoms with Gasteiger partial charge in [-0.25, -0.2) is 0 Å². The zero-order chi connectivity index (χ0) is 15.5. The van der Waals surface area contributed by atoms with Gasteiger partial charge in [-0.05, 0) is 26.7 Å². The lowest BCUT2D eigenvalue weighted by atomic mass is 9.99. The second-order valence-electron chi connectivity index (χ2n) is 5.65. The molecule has 2 rings (SSSR count). The van der Waals surface area contributed by atoms with E-state index < -0.39 is 0 Å². The van der Waals surface area contributed by atoms with Crippen LogP contribution in [0.2, 0.25) is 0 Å². The van der Waals surface area contributed by atoms with Crippen molar-refractivity contribution in [2.24, 2.45) is 0 Å². The number of anilines is 1. The van der Waals surface area contributed by atoms with Crippen molar-refractivity contribution in [2.45, 2.75) is 45.1 Å². The largest absolute Gasteiger partial charge is 0.444 e. The van der Waals surface area contributed by atoms with Crippen molar-refractivity contribution in [1.29, 1.82) is 5.26 Å². The predicted octanol–water partition coefficient (Wildman–Crippen LogP) is 1.60. The van der Waals surface area contributed by atoms with Gasteiger partial charge in [0.05, 0.1) is 13.2 Å². The van der Waals surface area contributed by atoms with Gasteiger partial charge in [-0.1, -0.05) is 12.8 Å². The molecular formula is C15H21N3O3. The van der Waals surface area contributed by atoms with E-state index in [9.17, 15) is 9.90 Å². The van der Waals surface area contributed by atoms with Gasteiger partial charge in [0.15, 0.2) is 0 Å². The Morgan fingerprint density at radius 2 is 2.10 bits per heavy atom. The number of hydrogen-bond acceptors (Lipinski definition) is 5. The van der Waals surface area contributed by atoms with Gasteiger partial charge < -0.3 is 14.8 Å². The molecule has 0 unspecified atom stereocenters. The van der Waals surface area contributed by atoms with E-state index in [0.29, 0.717) is 11.3 Å². The molecule has 0 bridgehead atoms. The fourth-order valence-electron chi connectivity index (χ4n) is 2.73. The number of aryl methyl sites for hydroxylation is 1. The quantitative estimate of drug-likeness (QED) is 0.765. The normalized spacial score (nSPS) is 16.7. The zero-order valence-corrected chi connectivity index (χ0v) is 12.5. The van der Waals surface area contributed by atoms with Gasteiger partial charge in [-0.3, -0.25) is 10.1 Å². The highest BCUT2D eigenvalue weighted by atomic mass is 16.4. The van der Waals surface area contributed by atoms with Gasteiger partial charge in [0.25, 0.3) is 0 Å². The Morgan fingerprint density at radius 1 is 1.43 bits per heavy atom. The van der Waals surface area contributed by atoms with Gasteiger partial charge >= 0.3 is 0 Å². The molecule has 1 amide bonds. The molecule has 0 atom stereocenters. The summed E-state index contributed by atoms with van der Waals surface area (Å²) in [5.74, 6) is 0.543. The maximum Gasteiger partial charge on any atom is 0.240 e. The smallest absolute Gasteiger partial charge is 0.240 e. The second kappa shape index (κ2) is 6.29. The van der Waals surface area contributed by atoms with Crippen LogP contribution in [-0.2, 0) is 4.79 Å². The van der Waals surface area contributed by atoms with E-state index in [1.165, 1.54) is 0 Å². The van der Waals surface area contributed by atoms with Crippen molar-refractivity contribution >= 4 is 11.8 Å². The first-order valence-electron chi connectivity index (χ1n) is 7.17. The van der Waals surface area contributed by atoms with Crippen LogP contribution in [0.15, 0.2) is 4.42 Å². The number of nitriles is 1. The molecular weight excluding hydrogens is 270 g/mol. The summed E-state index contributed by atoms with van der Waals surface area (Å²) in [6.07, 6.45) is 3.87. The van der Waals surface area contributed by atoms with Gasteiger partial charge in [0, 0.05) is 11.1 Å². The van der Waals surface area contributed by atoms with E-state index in [2.05, 4.69) is 10.6 Å². The van der Waals surface area contributed by atoms with Crippen molar-refractivity contribution in [3.05, 3.63) is 16.9 Å². The molecule has 0 aliphatic heterocycles. The molecule has 0 aromatic carbocycles. The van der Waals surface area contributed by atoms with E-state index in [-0.39, 0.29) is 30.5 Å². The molecule has 0 radical (unpaired) electrons. The number of nitrogens with one attached hydrogen (secondary N) is 2. The highest BCUT2D eigenvalue weighted by molar-refractivity contribution is 5.92. The lowest BCUT2D eigenvalue weighted by molar-refractivity contribution is -0.116.